The molecule has 0 radical (unpaired) electrons. The Balaban J connectivity index is 3.68. The van der Waals surface area contributed by atoms with Gasteiger partial charge in [-0.1, -0.05) is 0 Å². The third-order valence-electron chi connectivity index (χ3n) is 0.921. The molecule has 0 unspecified atom stereocenters. The third kappa shape index (κ3) is 3.32. The van der Waals surface area contributed by atoms with Gasteiger partial charge < -0.3 is 5.21 Å². The van der Waals surface area contributed by atoms with Crippen molar-refractivity contribution in [3.8, 4) is 0 Å². The predicted molar refractivity (Wildman–Crippen MR) is 43.7 cm³/mol. The maximum atomic E-state index is 8.44. The fourth-order valence-corrected chi connectivity index (χ4v) is 1.07. The van der Waals surface area contributed by atoms with E-state index >= 15 is 0 Å². The Hall–Kier alpha value is 0.580. The second-order valence-electron chi connectivity index (χ2n) is 1.95. The molecule has 0 saturated heterocycles. The van der Waals surface area contributed by atoms with Crippen molar-refractivity contribution in [3.05, 3.63) is 0 Å². The number of hydrazine groups is 1. The van der Waals surface area contributed by atoms with E-state index in [4.69, 9.17) is 5.21 Å². The number of nitrogens with one attached hydrogen (secondary N) is 1. The van der Waals surface area contributed by atoms with Crippen LogP contribution in [0.1, 0.15) is 13.8 Å². The summed E-state index contributed by atoms with van der Waals surface area (Å²) in [4.78, 5) is 0. The van der Waals surface area contributed by atoms with Crippen molar-refractivity contribution in [3.63, 3.8) is 0 Å². The van der Waals surface area contributed by atoms with Crippen molar-refractivity contribution < 1.29 is 5.21 Å². The monoisotopic (exact) mass is 168 g/mol. The summed E-state index contributed by atoms with van der Waals surface area (Å²) < 4.78 is -0.282. The number of thiol groups is 2. The third-order valence-corrected chi connectivity index (χ3v) is 1.42. The zero-order valence-corrected chi connectivity index (χ0v) is 7.23. The molecule has 0 amide bonds. The van der Waals surface area contributed by atoms with E-state index in [1.165, 1.54) is 5.01 Å². The van der Waals surface area contributed by atoms with Crippen molar-refractivity contribution in [2.45, 2.75) is 24.6 Å². The van der Waals surface area contributed by atoms with Gasteiger partial charge in [0, 0.05) is 6.04 Å². The lowest BCUT2D eigenvalue weighted by molar-refractivity contribution is -0.0312. The molecule has 0 rings (SSSR count). The van der Waals surface area contributed by atoms with Crippen LogP contribution in [-0.2, 0) is 0 Å². The first-order valence-electron chi connectivity index (χ1n) is 2.63. The van der Waals surface area contributed by atoms with Crippen LogP contribution in [0, 0.1) is 0 Å². The summed E-state index contributed by atoms with van der Waals surface area (Å²) in [5.74, 6) is 0. The van der Waals surface area contributed by atoms with E-state index in [0.29, 0.717) is 0 Å². The molecule has 0 aromatic heterocycles. The minimum Gasteiger partial charge on any atom is -0.302 e. The molecule has 5 heteroatoms. The standard InChI is InChI=1S/C4H12N2OS2/c1-3(2)6(5-7)4(8)9/h3-5,7-9H,1-2H3. The Morgan fingerprint density at radius 3 is 1.89 bits per heavy atom. The van der Waals surface area contributed by atoms with Gasteiger partial charge in [0.2, 0.25) is 0 Å². The fourth-order valence-electron chi connectivity index (χ4n) is 0.434. The largest absolute Gasteiger partial charge is 0.302 e. The lowest BCUT2D eigenvalue weighted by atomic mass is 10.4. The topological polar surface area (TPSA) is 35.5 Å². The van der Waals surface area contributed by atoms with Crippen LogP contribution in [0.3, 0.4) is 0 Å². The van der Waals surface area contributed by atoms with Gasteiger partial charge in [-0.15, -0.1) is 30.8 Å². The quantitative estimate of drug-likeness (QED) is 0.285. The first kappa shape index (κ1) is 9.58. The Labute approximate surface area is 66.2 Å². The lowest BCUT2D eigenvalue weighted by Gasteiger charge is -2.25. The van der Waals surface area contributed by atoms with Crippen LogP contribution in [0.2, 0.25) is 0 Å². The van der Waals surface area contributed by atoms with E-state index in [1.807, 2.05) is 19.4 Å². The summed E-state index contributed by atoms with van der Waals surface area (Å²) in [5, 5.41) is 9.94. The summed E-state index contributed by atoms with van der Waals surface area (Å²) in [6.45, 7) is 3.84. The summed E-state index contributed by atoms with van der Waals surface area (Å²) >= 11 is 7.96. The van der Waals surface area contributed by atoms with Gasteiger partial charge in [0.15, 0.2) is 0 Å². The average Bonchev–Trinajstić information content (AvgIpc) is 1.64. The van der Waals surface area contributed by atoms with Crippen molar-refractivity contribution >= 4 is 25.3 Å². The van der Waals surface area contributed by atoms with Crippen LogP contribution in [0.4, 0.5) is 0 Å². The zero-order chi connectivity index (χ0) is 7.44. The predicted octanol–water partition coefficient (Wildman–Crippen LogP) is 0.734. The van der Waals surface area contributed by atoms with Crippen LogP contribution in [-0.4, -0.2) is 21.0 Å². The molecule has 0 aliphatic heterocycles. The Morgan fingerprint density at radius 1 is 1.44 bits per heavy atom. The van der Waals surface area contributed by atoms with Gasteiger partial charge >= 0.3 is 0 Å². The fraction of sp³-hybridized carbons (Fsp3) is 1.00. The first-order chi connectivity index (χ1) is 4.09. The highest BCUT2D eigenvalue weighted by Crippen LogP contribution is 2.07. The SMILES string of the molecule is CC(C)N(NO)C(S)S. The van der Waals surface area contributed by atoms with Gasteiger partial charge in [0.25, 0.3) is 0 Å². The highest BCUT2D eigenvalue weighted by molar-refractivity contribution is 7.99. The van der Waals surface area contributed by atoms with Crippen LogP contribution in [0.25, 0.3) is 0 Å². The van der Waals surface area contributed by atoms with Gasteiger partial charge in [-0.3, -0.25) is 0 Å². The first-order valence-corrected chi connectivity index (χ1v) is 3.67. The molecule has 0 saturated carbocycles. The molecule has 9 heavy (non-hydrogen) atoms. The molecular formula is C4H12N2OS2. The molecule has 0 aromatic carbocycles. The lowest BCUT2D eigenvalue weighted by Crippen LogP contribution is -2.43. The van der Waals surface area contributed by atoms with Crippen LogP contribution in [0.15, 0.2) is 0 Å². The molecule has 0 heterocycles. The normalized spacial score (nSPS) is 12.0. The van der Waals surface area contributed by atoms with E-state index in [9.17, 15) is 0 Å². The van der Waals surface area contributed by atoms with E-state index in [0.717, 1.165) is 0 Å². The molecule has 0 aromatic rings. The molecule has 0 aliphatic rings. The number of nitrogens with zero attached hydrogens (tertiary/aromatic N) is 1. The molecule has 3 nitrogen and oxygen atoms in total. The maximum Gasteiger partial charge on any atom is 0.112 e. The minimum absolute atomic E-state index is 0.176. The van der Waals surface area contributed by atoms with E-state index < -0.39 is 0 Å². The number of hydrogen-bond acceptors (Lipinski definition) is 5. The highest BCUT2D eigenvalue weighted by atomic mass is 32.2. The number of hydrogen-bond donors (Lipinski definition) is 4. The Bertz CT molecular complexity index is 71.0. The molecule has 56 valence electrons. The van der Waals surface area contributed by atoms with E-state index in [1.54, 1.807) is 0 Å². The van der Waals surface area contributed by atoms with Crippen molar-refractivity contribution in [2.75, 3.05) is 0 Å². The molecule has 0 atom stereocenters. The second kappa shape index (κ2) is 4.40. The Kier molecular flexibility index (Phi) is 4.69. The summed E-state index contributed by atoms with van der Waals surface area (Å²) in [7, 11) is 0. The molecular weight excluding hydrogens is 156 g/mol. The van der Waals surface area contributed by atoms with Gasteiger partial charge in [-0.2, -0.15) is 5.01 Å². The maximum absolute atomic E-state index is 8.44. The molecule has 2 N–H and O–H groups in total. The van der Waals surface area contributed by atoms with Crippen LogP contribution >= 0.6 is 25.3 Å². The average molecular weight is 168 g/mol. The summed E-state index contributed by atoms with van der Waals surface area (Å²) in [5.41, 5.74) is 1.98. The number of rotatable bonds is 3. The van der Waals surface area contributed by atoms with Crippen molar-refractivity contribution in [1.29, 1.82) is 0 Å². The molecule has 0 fully saturated rings. The van der Waals surface area contributed by atoms with Gasteiger partial charge in [-0.05, 0) is 13.8 Å². The van der Waals surface area contributed by atoms with E-state index in [2.05, 4.69) is 25.3 Å². The van der Waals surface area contributed by atoms with Gasteiger partial charge in [-0.25, -0.2) is 0 Å². The smallest absolute Gasteiger partial charge is 0.112 e. The van der Waals surface area contributed by atoms with Crippen molar-refractivity contribution in [1.82, 2.24) is 10.6 Å². The van der Waals surface area contributed by atoms with Crippen molar-refractivity contribution in [2.24, 2.45) is 0 Å². The van der Waals surface area contributed by atoms with Crippen LogP contribution in [0.5, 0.6) is 0 Å². The second-order valence-corrected chi connectivity index (χ2v) is 3.33. The highest BCUT2D eigenvalue weighted by Gasteiger charge is 2.11. The van der Waals surface area contributed by atoms with E-state index in [-0.39, 0.29) is 10.7 Å². The minimum atomic E-state index is -0.282. The van der Waals surface area contributed by atoms with Gasteiger partial charge in [0.05, 0.1) is 0 Å². The molecule has 0 aliphatic carbocycles. The Morgan fingerprint density at radius 2 is 1.89 bits per heavy atom. The zero-order valence-electron chi connectivity index (χ0n) is 5.44. The molecule has 0 bridgehead atoms. The van der Waals surface area contributed by atoms with Gasteiger partial charge in [0.1, 0.15) is 4.71 Å². The van der Waals surface area contributed by atoms with Crippen LogP contribution < -0.4 is 5.59 Å². The summed E-state index contributed by atoms with van der Waals surface area (Å²) in [6, 6.07) is 0.176. The molecule has 0 spiro atoms. The summed E-state index contributed by atoms with van der Waals surface area (Å²) in [6.07, 6.45) is 0.